The lowest BCUT2D eigenvalue weighted by molar-refractivity contribution is -0.144. The van der Waals surface area contributed by atoms with Crippen molar-refractivity contribution in [2.75, 3.05) is 7.11 Å². The summed E-state index contributed by atoms with van der Waals surface area (Å²) in [5.41, 5.74) is 1.88. The Morgan fingerprint density at radius 3 is 2.62 bits per heavy atom. The Morgan fingerprint density at radius 1 is 1.62 bits per heavy atom. The van der Waals surface area contributed by atoms with E-state index in [1.54, 1.807) is 11.6 Å². The number of ether oxygens (including phenoxy) is 1. The standard InChI is InChI=1S/C9H14N2O2/c1-6-5-7(2)11(10-6)8(3)9(12)13-4/h5,8H,1-4H3/t8-/m1/s1. The highest BCUT2D eigenvalue weighted by Crippen LogP contribution is 2.11. The number of hydrogen-bond donors (Lipinski definition) is 0. The molecule has 0 fully saturated rings. The van der Waals surface area contributed by atoms with Crippen LogP contribution in [0.2, 0.25) is 0 Å². The molecule has 4 heteroatoms. The predicted octanol–water partition coefficient (Wildman–Crippen LogP) is 1.23. The Morgan fingerprint density at radius 2 is 2.23 bits per heavy atom. The molecule has 4 nitrogen and oxygen atoms in total. The van der Waals surface area contributed by atoms with Gasteiger partial charge in [-0.1, -0.05) is 0 Å². The van der Waals surface area contributed by atoms with E-state index in [4.69, 9.17) is 0 Å². The van der Waals surface area contributed by atoms with Gasteiger partial charge in [-0.05, 0) is 26.8 Å². The number of carbonyl (C=O) groups excluding carboxylic acids is 1. The first kappa shape index (κ1) is 9.77. The van der Waals surface area contributed by atoms with Gasteiger partial charge < -0.3 is 4.74 Å². The van der Waals surface area contributed by atoms with E-state index in [0.717, 1.165) is 11.4 Å². The van der Waals surface area contributed by atoms with Crippen LogP contribution in [0.3, 0.4) is 0 Å². The van der Waals surface area contributed by atoms with Crippen LogP contribution in [0.1, 0.15) is 24.4 Å². The summed E-state index contributed by atoms with van der Waals surface area (Å²) in [5, 5.41) is 4.20. The van der Waals surface area contributed by atoms with Gasteiger partial charge in [0.15, 0.2) is 0 Å². The van der Waals surface area contributed by atoms with Gasteiger partial charge in [0.05, 0.1) is 12.8 Å². The maximum Gasteiger partial charge on any atom is 0.330 e. The lowest BCUT2D eigenvalue weighted by Crippen LogP contribution is -2.19. The number of esters is 1. The second-order valence-electron chi connectivity index (χ2n) is 3.07. The molecule has 0 radical (unpaired) electrons. The molecule has 1 atom stereocenters. The van der Waals surface area contributed by atoms with Crippen LogP contribution in [0.15, 0.2) is 6.07 Å². The molecular weight excluding hydrogens is 168 g/mol. The monoisotopic (exact) mass is 182 g/mol. The summed E-state index contributed by atoms with van der Waals surface area (Å²) >= 11 is 0. The summed E-state index contributed by atoms with van der Waals surface area (Å²) < 4.78 is 6.30. The van der Waals surface area contributed by atoms with Gasteiger partial charge in [-0.3, -0.25) is 4.68 Å². The van der Waals surface area contributed by atoms with Crippen molar-refractivity contribution in [1.29, 1.82) is 0 Å². The fourth-order valence-electron chi connectivity index (χ4n) is 1.31. The number of aryl methyl sites for hydroxylation is 2. The van der Waals surface area contributed by atoms with Crippen LogP contribution in [0.25, 0.3) is 0 Å². The molecule has 72 valence electrons. The summed E-state index contributed by atoms with van der Waals surface area (Å²) in [7, 11) is 1.38. The SMILES string of the molecule is COC(=O)[C@@H](C)n1nc(C)cc1C. The smallest absolute Gasteiger partial charge is 0.330 e. The molecule has 0 spiro atoms. The first-order valence-electron chi connectivity index (χ1n) is 4.17. The van der Waals surface area contributed by atoms with Crippen LogP contribution < -0.4 is 0 Å². The number of methoxy groups -OCH3 is 1. The van der Waals surface area contributed by atoms with Gasteiger partial charge >= 0.3 is 5.97 Å². The van der Waals surface area contributed by atoms with Gasteiger partial charge in [0.2, 0.25) is 0 Å². The molecule has 0 saturated carbocycles. The molecule has 0 aliphatic rings. The topological polar surface area (TPSA) is 44.1 Å². The summed E-state index contributed by atoms with van der Waals surface area (Å²) in [4.78, 5) is 11.2. The Hall–Kier alpha value is -1.32. The Balaban J connectivity index is 2.94. The maximum absolute atomic E-state index is 11.2. The zero-order chi connectivity index (χ0) is 10.0. The summed E-state index contributed by atoms with van der Waals surface area (Å²) in [5.74, 6) is -0.272. The third kappa shape index (κ3) is 1.88. The molecule has 0 N–H and O–H groups in total. The molecule has 1 heterocycles. The molecule has 0 bridgehead atoms. The Labute approximate surface area is 77.5 Å². The van der Waals surface area contributed by atoms with Crippen molar-refractivity contribution in [2.24, 2.45) is 0 Å². The van der Waals surface area contributed by atoms with Crippen molar-refractivity contribution < 1.29 is 9.53 Å². The first-order chi connectivity index (χ1) is 6.06. The van der Waals surface area contributed by atoms with E-state index in [0.29, 0.717) is 0 Å². The van der Waals surface area contributed by atoms with Gasteiger partial charge in [-0.25, -0.2) is 4.79 Å². The van der Waals surface area contributed by atoms with E-state index in [1.807, 2.05) is 19.9 Å². The molecule has 0 aliphatic carbocycles. The number of rotatable bonds is 2. The Kier molecular flexibility index (Phi) is 2.70. The van der Waals surface area contributed by atoms with Crippen LogP contribution in [0.4, 0.5) is 0 Å². The van der Waals surface area contributed by atoms with Crippen molar-refractivity contribution in [3.8, 4) is 0 Å². The summed E-state index contributed by atoms with van der Waals surface area (Å²) in [6, 6.07) is 1.58. The molecule has 0 unspecified atom stereocenters. The van der Waals surface area contributed by atoms with Crippen molar-refractivity contribution in [3.05, 3.63) is 17.5 Å². The van der Waals surface area contributed by atoms with Gasteiger partial charge in [0, 0.05) is 5.69 Å². The molecule has 1 aromatic rings. The normalized spacial score (nSPS) is 12.6. The minimum absolute atomic E-state index is 0.272. The van der Waals surface area contributed by atoms with E-state index in [1.165, 1.54) is 7.11 Å². The summed E-state index contributed by atoms with van der Waals surface area (Å²) in [6.45, 7) is 5.58. The summed E-state index contributed by atoms with van der Waals surface area (Å²) in [6.07, 6.45) is 0. The fourth-order valence-corrected chi connectivity index (χ4v) is 1.31. The van der Waals surface area contributed by atoms with Gasteiger partial charge in [-0.15, -0.1) is 0 Å². The van der Waals surface area contributed by atoms with Crippen molar-refractivity contribution in [3.63, 3.8) is 0 Å². The number of aromatic nitrogens is 2. The lowest BCUT2D eigenvalue weighted by Gasteiger charge is -2.11. The molecule has 0 amide bonds. The van der Waals surface area contributed by atoms with Crippen LogP contribution in [0, 0.1) is 13.8 Å². The van der Waals surface area contributed by atoms with Crippen molar-refractivity contribution in [1.82, 2.24) is 9.78 Å². The average molecular weight is 182 g/mol. The van der Waals surface area contributed by atoms with Crippen LogP contribution in [-0.2, 0) is 9.53 Å². The van der Waals surface area contributed by atoms with E-state index in [2.05, 4.69) is 9.84 Å². The van der Waals surface area contributed by atoms with E-state index in [9.17, 15) is 4.79 Å². The molecule has 1 aromatic heterocycles. The van der Waals surface area contributed by atoms with E-state index >= 15 is 0 Å². The van der Waals surface area contributed by atoms with Crippen LogP contribution in [0.5, 0.6) is 0 Å². The van der Waals surface area contributed by atoms with Gasteiger partial charge in [-0.2, -0.15) is 5.10 Å². The van der Waals surface area contributed by atoms with Gasteiger partial charge in [0.1, 0.15) is 6.04 Å². The van der Waals surface area contributed by atoms with Gasteiger partial charge in [0.25, 0.3) is 0 Å². The molecule has 0 saturated heterocycles. The maximum atomic E-state index is 11.2. The number of hydrogen-bond acceptors (Lipinski definition) is 3. The van der Waals surface area contributed by atoms with Crippen molar-refractivity contribution >= 4 is 5.97 Å². The largest absolute Gasteiger partial charge is 0.467 e. The first-order valence-corrected chi connectivity index (χ1v) is 4.17. The highest BCUT2D eigenvalue weighted by atomic mass is 16.5. The third-order valence-corrected chi connectivity index (χ3v) is 1.95. The zero-order valence-electron chi connectivity index (χ0n) is 8.37. The van der Waals surface area contributed by atoms with Crippen LogP contribution >= 0.6 is 0 Å². The predicted molar refractivity (Wildman–Crippen MR) is 48.4 cm³/mol. The molecule has 0 aromatic carbocycles. The minimum Gasteiger partial charge on any atom is -0.467 e. The second kappa shape index (κ2) is 3.60. The second-order valence-corrected chi connectivity index (χ2v) is 3.07. The highest BCUT2D eigenvalue weighted by molar-refractivity contribution is 5.73. The average Bonchev–Trinajstić information content (AvgIpc) is 2.42. The third-order valence-electron chi connectivity index (χ3n) is 1.95. The molecule has 13 heavy (non-hydrogen) atoms. The molecule has 1 rings (SSSR count). The van der Waals surface area contributed by atoms with Crippen LogP contribution in [-0.4, -0.2) is 22.9 Å². The zero-order valence-corrected chi connectivity index (χ0v) is 8.37. The highest BCUT2D eigenvalue weighted by Gasteiger charge is 2.17. The quantitative estimate of drug-likeness (QED) is 0.646. The van der Waals surface area contributed by atoms with E-state index < -0.39 is 0 Å². The fraction of sp³-hybridized carbons (Fsp3) is 0.556. The Bertz CT molecular complexity index is 317. The minimum atomic E-state index is -0.348. The molecular formula is C9H14N2O2. The number of nitrogens with zero attached hydrogens (tertiary/aromatic N) is 2. The lowest BCUT2D eigenvalue weighted by atomic mass is 10.3. The van der Waals surface area contributed by atoms with Crippen molar-refractivity contribution in [2.45, 2.75) is 26.8 Å². The number of carbonyl (C=O) groups is 1. The molecule has 0 aliphatic heterocycles. The van der Waals surface area contributed by atoms with E-state index in [-0.39, 0.29) is 12.0 Å².